The van der Waals surface area contributed by atoms with Crippen molar-refractivity contribution < 1.29 is 0 Å². The molecule has 1 saturated heterocycles. The lowest BCUT2D eigenvalue weighted by atomic mass is 9.77. The van der Waals surface area contributed by atoms with Crippen molar-refractivity contribution in [3.8, 4) is 0 Å². The molecule has 1 saturated carbocycles. The second kappa shape index (κ2) is 4.50. The summed E-state index contributed by atoms with van der Waals surface area (Å²) >= 11 is 0. The van der Waals surface area contributed by atoms with Crippen molar-refractivity contribution in [3.05, 3.63) is 12.7 Å². The number of nitrogens with zero attached hydrogens (tertiary/aromatic N) is 1. The van der Waals surface area contributed by atoms with E-state index < -0.39 is 0 Å². The molecule has 0 bridgehead atoms. The Balaban J connectivity index is 2.09. The van der Waals surface area contributed by atoms with Gasteiger partial charge in [0.1, 0.15) is 0 Å². The van der Waals surface area contributed by atoms with Gasteiger partial charge in [-0.15, -0.1) is 6.58 Å². The fraction of sp³-hybridized carbons (Fsp3) is 0.857. The molecular formula is C14H26N2. The maximum absolute atomic E-state index is 3.92. The monoisotopic (exact) mass is 222 g/mol. The van der Waals surface area contributed by atoms with Crippen molar-refractivity contribution in [2.75, 3.05) is 19.6 Å². The molecule has 0 aromatic heterocycles. The van der Waals surface area contributed by atoms with Crippen LogP contribution in [-0.4, -0.2) is 35.6 Å². The van der Waals surface area contributed by atoms with E-state index >= 15 is 0 Å². The second-order valence-corrected chi connectivity index (χ2v) is 6.31. The maximum Gasteiger partial charge on any atom is 0.0314 e. The van der Waals surface area contributed by atoms with Crippen molar-refractivity contribution in [2.24, 2.45) is 0 Å². The number of hydrogen-bond donors (Lipinski definition) is 1. The first kappa shape index (κ1) is 12.1. The fourth-order valence-corrected chi connectivity index (χ4v) is 3.66. The van der Waals surface area contributed by atoms with Gasteiger partial charge in [0.05, 0.1) is 0 Å². The van der Waals surface area contributed by atoms with E-state index in [2.05, 4.69) is 30.6 Å². The Morgan fingerprint density at radius 1 is 1.19 bits per heavy atom. The van der Waals surface area contributed by atoms with E-state index in [-0.39, 0.29) is 5.54 Å². The first-order chi connectivity index (χ1) is 7.55. The molecule has 2 fully saturated rings. The minimum atomic E-state index is 0.249. The maximum atomic E-state index is 3.92. The van der Waals surface area contributed by atoms with Crippen LogP contribution in [0.15, 0.2) is 12.7 Å². The molecule has 0 radical (unpaired) electrons. The summed E-state index contributed by atoms with van der Waals surface area (Å²) in [5, 5.41) is 3.92. The van der Waals surface area contributed by atoms with Crippen LogP contribution in [0.5, 0.6) is 0 Å². The Hall–Kier alpha value is -0.340. The molecule has 1 N–H and O–H groups in total. The van der Waals surface area contributed by atoms with Crippen molar-refractivity contribution in [1.29, 1.82) is 0 Å². The van der Waals surface area contributed by atoms with E-state index in [1.165, 1.54) is 38.6 Å². The smallest absolute Gasteiger partial charge is 0.0314 e. The van der Waals surface area contributed by atoms with Crippen molar-refractivity contribution in [2.45, 2.75) is 57.0 Å². The molecule has 1 spiro atoms. The molecule has 0 aromatic carbocycles. The highest BCUT2D eigenvalue weighted by atomic mass is 15.3. The topological polar surface area (TPSA) is 15.3 Å². The van der Waals surface area contributed by atoms with Crippen molar-refractivity contribution >= 4 is 0 Å². The van der Waals surface area contributed by atoms with E-state index in [1.54, 1.807) is 0 Å². The molecule has 2 rings (SSSR count). The van der Waals surface area contributed by atoms with Gasteiger partial charge in [-0.3, -0.25) is 4.90 Å². The van der Waals surface area contributed by atoms with E-state index in [4.69, 9.17) is 0 Å². The molecule has 16 heavy (non-hydrogen) atoms. The van der Waals surface area contributed by atoms with Gasteiger partial charge in [0.15, 0.2) is 0 Å². The van der Waals surface area contributed by atoms with Gasteiger partial charge in [-0.05, 0) is 26.7 Å². The molecule has 0 atom stereocenters. The molecule has 1 aliphatic carbocycles. The summed E-state index contributed by atoms with van der Waals surface area (Å²) in [4.78, 5) is 2.56. The summed E-state index contributed by atoms with van der Waals surface area (Å²) in [6, 6.07) is 0. The predicted molar refractivity (Wildman–Crippen MR) is 69.7 cm³/mol. The van der Waals surface area contributed by atoms with Crippen LogP contribution in [-0.2, 0) is 0 Å². The minimum absolute atomic E-state index is 0.249. The average Bonchev–Trinajstić information content (AvgIpc) is 2.16. The van der Waals surface area contributed by atoms with Gasteiger partial charge in [-0.1, -0.05) is 25.3 Å². The third kappa shape index (κ3) is 2.67. The first-order valence-electron chi connectivity index (χ1n) is 6.68. The van der Waals surface area contributed by atoms with Gasteiger partial charge >= 0.3 is 0 Å². The van der Waals surface area contributed by atoms with Crippen LogP contribution in [0.4, 0.5) is 0 Å². The zero-order valence-electron chi connectivity index (χ0n) is 10.9. The number of piperazine rings is 1. The van der Waals surface area contributed by atoms with E-state index in [0.717, 1.165) is 13.1 Å². The summed E-state index contributed by atoms with van der Waals surface area (Å²) in [7, 11) is 0. The van der Waals surface area contributed by atoms with Gasteiger partial charge < -0.3 is 5.32 Å². The highest BCUT2D eigenvalue weighted by Crippen LogP contribution is 2.34. The zero-order chi connectivity index (χ0) is 11.6. The standard InChI is InChI=1S/C14H26N2/c1-4-10-16-11-13(2,3)15-14(12-16)8-6-5-7-9-14/h4,15H,1,5-12H2,2-3H3. The summed E-state index contributed by atoms with van der Waals surface area (Å²) in [6.07, 6.45) is 8.95. The predicted octanol–water partition coefficient (Wildman–Crippen LogP) is 2.56. The molecule has 0 unspecified atom stereocenters. The zero-order valence-corrected chi connectivity index (χ0v) is 10.9. The molecule has 0 aromatic rings. The average molecular weight is 222 g/mol. The van der Waals surface area contributed by atoms with Crippen LogP contribution >= 0.6 is 0 Å². The molecule has 2 heteroatoms. The largest absolute Gasteiger partial charge is 0.304 e. The SMILES string of the molecule is C=CCN1CC(C)(C)NC2(CCCCC2)C1. The lowest BCUT2D eigenvalue weighted by Gasteiger charge is -2.53. The van der Waals surface area contributed by atoms with E-state index in [0.29, 0.717) is 5.54 Å². The van der Waals surface area contributed by atoms with Gasteiger partial charge in [0.2, 0.25) is 0 Å². The Bertz CT molecular complexity index is 251. The van der Waals surface area contributed by atoms with E-state index in [1.807, 2.05) is 6.08 Å². The highest BCUT2D eigenvalue weighted by molar-refractivity contribution is 5.04. The molecular weight excluding hydrogens is 196 g/mol. The number of hydrogen-bond acceptors (Lipinski definition) is 2. The third-order valence-corrected chi connectivity index (χ3v) is 3.95. The second-order valence-electron chi connectivity index (χ2n) is 6.31. The van der Waals surface area contributed by atoms with Crippen molar-refractivity contribution in [1.82, 2.24) is 10.2 Å². The first-order valence-corrected chi connectivity index (χ1v) is 6.68. The fourth-order valence-electron chi connectivity index (χ4n) is 3.66. The highest BCUT2D eigenvalue weighted by Gasteiger charge is 2.42. The van der Waals surface area contributed by atoms with Crippen LogP contribution in [0.25, 0.3) is 0 Å². The lowest BCUT2D eigenvalue weighted by Crippen LogP contribution is -2.69. The van der Waals surface area contributed by atoms with Gasteiger partial charge in [0.25, 0.3) is 0 Å². The molecule has 92 valence electrons. The summed E-state index contributed by atoms with van der Waals surface area (Å²) in [5.74, 6) is 0. The van der Waals surface area contributed by atoms with Gasteiger partial charge in [-0.2, -0.15) is 0 Å². The number of rotatable bonds is 2. The molecule has 2 nitrogen and oxygen atoms in total. The Labute approximate surface area is 100 Å². The quantitative estimate of drug-likeness (QED) is 0.722. The summed E-state index contributed by atoms with van der Waals surface area (Å²) in [6.45, 7) is 11.9. The Morgan fingerprint density at radius 3 is 2.50 bits per heavy atom. The molecule has 1 heterocycles. The molecule has 0 amide bonds. The normalized spacial score (nSPS) is 29.1. The van der Waals surface area contributed by atoms with Gasteiger partial charge in [-0.25, -0.2) is 0 Å². The Morgan fingerprint density at radius 2 is 1.88 bits per heavy atom. The van der Waals surface area contributed by atoms with E-state index in [9.17, 15) is 0 Å². The third-order valence-electron chi connectivity index (χ3n) is 3.95. The molecule has 1 aliphatic heterocycles. The number of nitrogens with one attached hydrogen (secondary N) is 1. The van der Waals surface area contributed by atoms with Crippen LogP contribution in [0.1, 0.15) is 46.0 Å². The Kier molecular flexibility index (Phi) is 3.41. The summed E-state index contributed by atoms with van der Waals surface area (Å²) < 4.78 is 0. The minimum Gasteiger partial charge on any atom is -0.304 e. The van der Waals surface area contributed by atoms with Crippen molar-refractivity contribution in [3.63, 3.8) is 0 Å². The van der Waals surface area contributed by atoms with Crippen LogP contribution in [0.3, 0.4) is 0 Å². The van der Waals surface area contributed by atoms with Crippen LogP contribution < -0.4 is 5.32 Å². The lowest BCUT2D eigenvalue weighted by molar-refractivity contribution is 0.0439. The van der Waals surface area contributed by atoms with Crippen LogP contribution in [0.2, 0.25) is 0 Å². The summed E-state index contributed by atoms with van der Waals surface area (Å²) in [5.41, 5.74) is 0.640. The van der Waals surface area contributed by atoms with Gasteiger partial charge in [0, 0.05) is 30.7 Å². The molecule has 2 aliphatic rings. The van der Waals surface area contributed by atoms with Crippen LogP contribution in [0, 0.1) is 0 Å².